The van der Waals surface area contributed by atoms with Crippen LogP contribution in [0.5, 0.6) is 0 Å². The first kappa shape index (κ1) is 7.72. The molecule has 0 radical (unpaired) electrons. The summed E-state index contributed by atoms with van der Waals surface area (Å²) in [5.41, 5.74) is 0.347. The van der Waals surface area contributed by atoms with Crippen LogP contribution in [-0.4, -0.2) is 21.0 Å². The summed E-state index contributed by atoms with van der Waals surface area (Å²) in [5, 5.41) is 9.11. The van der Waals surface area contributed by atoms with Gasteiger partial charge in [0, 0.05) is 11.6 Å². The number of aromatic amines is 1. The molecule has 5 heteroatoms. The Labute approximate surface area is 72.0 Å². The first-order valence-electron chi connectivity index (χ1n) is 3.55. The van der Waals surface area contributed by atoms with Crippen molar-refractivity contribution in [2.45, 2.75) is 0 Å². The van der Waals surface area contributed by atoms with E-state index in [1.165, 1.54) is 12.3 Å². The highest BCUT2D eigenvalue weighted by Gasteiger charge is 2.10. The Kier molecular flexibility index (Phi) is 1.51. The van der Waals surface area contributed by atoms with Crippen LogP contribution in [0.2, 0.25) is 0 Å². The summed E-state index contributed by atoms with van der Waals surface area (Å²) in [6.45, 7) is 0. The van der Waals surface area contributed by atoms with Gasteiger partial charge in [-0.1, -0.05) is 0 Å². The van der Waals surface area contributed by atoms with Gasteiger partial charge in [-0.15, -0.1) is 0 Å². The molecule has 0 fully saturated rings. The van der Waals surface area contributed by atoms with Crippen LogP contribution in [0, 0.1) is 5.95 Å². The smallest absolute Gasteiger partial charge is 0.337 e. The van der Waals surface area contributed by atoms with Crippen molar-refractivity contribution in [3.63, 3.8) is 0 Å². The molecule has 0 saturated heterocycles. The minimum absolute atomic E-state index is 0.0995. The molecule has 0 aromatic carbocycles. The number of fused-ring (bicyclic) bond motifs is 1. The maximum Gasteiger partial charge on any atom is 0.337 e. The molecule has 66 valence electrons. The number of rotatable bonds is 1. The van der Waals surface area contributed by atoms with Gasteiger partial charge in [0.2, 0.25) is 5.95 Å². The van der Waals surface area contributed by atoms with E-state index >= 15 is 0 Å². The SMILES string of the molecule is O=C(O)c1c[nH]c2nc(F)ccc12. The molecular formula is C8H5FN2O2. The minimum Gasteiger partial charge on any atom is -0.478 e. The summed E-state index contributed by atoms with van der Waals surface area (Å²) in [6, 6.07) is 2.51. The van der Waals surface area contributed by atoms with Crippen LogP contribution in [0.1, 0.15) is 10.4 Å². The fourth-order valence-electron chi connectivity index (χ4n) is 1.16. The molecule has 0 saturated carbocycles. The summed E-state index contributed by atoms with van der Waals surface area (Å²) >= 11 is 0. The standard InChI is InChI=1S/C8H5FN2O2/c9-6-2-1-4-5(8(12)13)3-10-7(4)11-6/h1-3H,(H,10,11)(H,12,13). The lowest BCUT2D eigenvalue weighted by Crippen LogP contribution is -1.93. The van der Waals surface area contributed by atoms with E-state index in [-0.39, 0.29) is 11.2 Å². The molecule has 0 aliphatic heterocycles. The van der Waals surface area contributed by atoms with Gasteiger partial charge in [0.05, 0.1) is 5.56 Å². The summed E-state index contributed by atoms with van der Waals surface area (Å²) in [5.74, 6) is -1.69. The first-order chi connectivity index (χ1) is 6.18. The number of pyridine rings is 1. The van der Waals surface area contributed by atoms with Crippen LogP contribution in [0.25, 0.3) is 11.0 Å². The van der Waals surface area contributed by atoms with Gasteiger partial charge in [-0.2, -0.15) is 4.39 Å². The molecule has 2 heterocycles. The number of hydrogen-bond acceptors (Lipinski definition) is 2. The second-order valence-electron chi connectivity index (χ2n) is 2.54. The van der Waals surface area contributed by atoms with Crippen LogP contribution < -0.4 is 0 Å². The van der Waals surface area contributed by atoms with Crippen molar-refractivity contribution in [2.24, 2.45) is 0 Å². The number of carboxylic acids is 1. The van der Waals surface area contributed by atoms with Crippen molar-refractivity contribution in [2.75, 3.05) is 0 Å². The summed E-state index contributed by atoms with van der Waals surface area (Å²) in [4.78, 5) is 16.7. The quantitative estimate of drug-likeness (QED) is 0.652. The third-order valence-electron chi connectivity index (χ3n) is 1.74. The fraction of sp³-hybridized carbons (Fsp3) is 0. The van der Waals surface area contributed by atoms with Crippen molar-refractivity contribution < 1.29 is 14.3 Å². The molecule has 4 nitrogen and oxygen atoms in total. The van der Waals surface area contributed by atoms with E-state index in [0.717, 1.165) is 6.07 Å². The number of carboxylic acid groups (broad SMARTS) is 1. The molecule has 0 atom stereocenters. The van der Waals surface area contributed by atoms with E-state index in [1.807, 2.05) is 0 Å². The Hall–Kier alpha value is -1.91. The van der Waals surface area contributed by atoms with Crippen LogP contribution in [0.3, 0.4) is 0 Å². The summed E-state index contributed by atoms with van der Waals surface area (Å²) in [6.07, 6.45) is 1.29. The zero-order valence-electron chi connectivity index (χ0n) is 6.41. The molecule has 2 N–H and O–H groups in total. The van der Waals surface area contributed by atoms with E-state index in [2.05, 4.69) is 9.97 Å². The Morgan fingerprint density at radius 1 is 1.54 bits per heavy atom. The Morgan fingerprint density at radius 3 is 3.00 bits per heavy atom. The van der Waals surface area contributed by atoms with Crippen molar-refractivity contribution in [1.82, 2.24) is 9.97 Å². The van der Waals surface area contributed by atoms with Crippen LogP contribution in [-0.2, 0) is 0 Å². The minimum atomic E-state index is -1.06. The van der Waals surface area contributed by atoms with Gasteiger partial charge in [0.15, 0.2) is 0 Å². The van der Waals surface area contributed by atoms with Gasteiger partial charge < -0.3 is 10.1 Å². The topological polar surface area (TPSA) is 66.0 Å². The molecule has 0 bridgehead atoms. The lowest BCUT2D eigenvalue weighted by atomic mass is 10.2. The number of nitrogens with zero attached hydrogens (tertiary/aromatic N) is 1. The molecule has 2 aromatic heterocycles. The molecule has 2 rings (SSSR count). The van der Waals surface area contributed by atoms with Crippen molar-refractivity contribution in [3.8, 4) is 0 Å². The van der Waals surface area contributed by atoms with E-state index in [4.69, 9.17) is 5.11 Å². The van der Waals surface area contributed by atoms with Gasteiger partial charge in [0.25, 0.3) is 0 Å². The number of halogens is 1. The van der Waals surface area contributed by atoms with Crippen molar-refractivity contribution in [3.05, 3.63) is 29.8 Å². The second kappa shape index (κ2) is 2.55. The summed E-state index contributed by atoms with van der Waals surface area (Å²) < 4.78 is 12.6. The maximum absolute atomic E-state index is 12.6. The van der Waals surface area contributed by atoms with Crippen molar-refractivity contribution >= 4 is 17.0 Å². The Balaban J connectivity index is 2.76. The van der Waals surface area contributed by atoms with Gasteiger partial charge in [-0.05, 0) is 12.1 Å². The highest BCUT2D eigenvalue weighted by atomic mass is 19.1. The molecular weight excluding hydrogens is 175 g/mol. The maximum atomic E-state index is 12.6. The monoisotopic (exact) mass is 180 g/mol. The molecule has 0 unspecified atom stereocenters. The lowest BCUT2D eigenvalue weighted by molar-refractivity contribution is 0.0699. The van der Waals surface area contributed by atoms with E-state index < -0.39 is 11.9 Å². The first-order valence-corrected chi connectivity index (χ1v) is 3.55. The Morgan fingerprint density at radius 2 is 2.31 bits per heavy atom. The van der Waals surface area contributed by atoms with Gasteiger partial charge in [-0.3, -0.25) is 0 Å². The van der Waals surface area contributed by atoms with Crippen molar-refractivity contribution in [1.29, 1.82) is 0 Å². The number of H-pyrrole nitrogens is 1. The Bertz CT molecular complexity index is 478. The number of carbonyl (C=O) groups is 1. The molecule has 13 heavy (non-hydrogen) atoms. The number of nitrogens with one attached hydrogen (secondary N) is 1. The van der Waals surface area contributed by atoms with Gasteiger partial charge >= 0.3 is 5.97 Å². The zero-order chi connectivity index (χ0) is 9.42. The average molecular weight is 180 g/mol. The largest absolute Gasteiger partial charge is 0.478 e. The fourth-order valence-corrected chi connectivity index (χ4v) is 1.16. The number of aromatic carboxylic acids is 1. The van der Waals surface area contributed by atoms with Crippen LogP contribution >= 0.6 is 0 Å². The lowest BCUT2D eigenvalue weighted by Gasteiger charge is -1.90. The predicted molar refractivity (Wildman–Crippen MR) is 43.0 cm³/mol. The summed E-state index contributed by atoms with van der Waals surface area (Å²) in [7, 11) is 0. The number of hydrogen-bond donors (Lipinski definition) is 2. The molecule has 2 aromatic rings. The number of aromatic nitrogens is 2. The zero-order valence-corrected chi connectivity index (χ0v) is 6.41. The average Bonchev–Trinajstić information content (AvgIpc) is 2.46. The third-order valence-corrected chi connectivity index (χ3v) is 1.74. The molecule has 0 aliphatic rings. The highest BCUT2D eigenvalue weighted by molar-refractivity contribution is 6.01. The second-order valence-corrected chi connectivity index (χ2v) is 2.54. The van der Waals surface area contributed by atoms with Crippen LogP contribution in [0.15, 0.2) is 18.3 Å². The van der Waals surface area contributed by atoms with E-state index in [1.54, 1.807) is 0 Å². The van der Waals surface area contributed by atoms with E-state index in [0.29, 0.717) is 5.39 Å². The van der Waals surface area contributed by atoms with E-state index in [9.17, 15) is 9.18 Å². The molecule has 0 aliphatic carbocycles. The normalized spacial score (nSPS) is 10.5. The van der Waals surface area contributed by atoms with Gasteiger partial charge in [0.1, 0.15) is 5.65 Å². The third kappa shape index (κ3) is 1.14. The molecule has 0 spiro atoms. The van der Waals surface area contributed by atoms with Crippen LogP contribution in [0.4, 0.5) is 4.39 Å². The highest BCUT2D eigenvalue weighted by Crippen LogP contribution is 2.16. The van der Waals surface area contributed by atoms with Gasteiger partial charge in [-0.25, -0.2) is 9.78 Å². The molecule has 0 amide bonds. The predicted octanol–water partition coefficient (Wildman–Crippen LogP) is 1.40.